The number of hydrogen-bond acceptors (Lipinski definition) is 5. The fourth-order valence-electron chi connectivity index (χ4n) is 3.96. The Morgan fingerprint density at radius 2 is 1.93 bits per heavy atom. The molecule has 1 amide bonds. The highest BCUT2D eigenvalue weighted by Gasteiger charge is 2.30. The van der Waals surface area contributed by atoms with Gasteiger partial charge in [0.25, 0.3) is 5.91 Å². The summed E-state index contributed by atoms with van der Waals surface area (Å²) in [5, 5.41) is 11.9. The van der Waals surface area contributed by atoms with Crippen LogP contribution >= 0.6 is 0 Å². The van der Waals surface area contributed by atoms with Crippen molar-refractivity contribution in [3.8, 4) is 0 Å². The molecule has 1 aromatic carbocycles. The van der Waals surface area contributed by atoms with Crippen LogP contribution < -0.4 is 5.32 Å². The van der Waals surface area contributed by atoms with Gasteiger partial charge in [-0.3, -0.25) is 19.0 Å². The molecule has 150 valence electrons. The van der Waals surface area contributed by atoms with Crippen molar-refractivity contribution in [2.45, 2.75) is 31.5 Å². The van der Waals surface area contributed by atoms with Gasteiger partial charge in [-0.1, -0.05) is 30.3 Å². The van der Waals surface area contributed by atoms with Crippen LogP contribution in [0.2, 0.25) is 0 Å². The molecule has 0 spiro atoms. The first-order valence-corrected chi connectivity index (χ1v) is 10.3. The Balaban J connectivity index is 1.39. The zero-order valence-electron chi connectivity index (χ0n) is 16.7. The Bertz CT molecular complexity index is 1010. The van der Waals surface area contributed by atoms with E-state index in [1.165, 1.54) is 5.56 Å². The molecule has 2 aromatic heterocycles. The molecular weight excluding hydrogens is 364 g/mol. The molecule has 3 aromatic rings. The van der Waals surface area contributed by atoms with Crippen molar-refractivity contribution >= 4 is 11.6 Å². The van der Waals surface area contributed by atoms with E-state index in [1.54, 1.807) is 0 Å². The van der Waals surface area contributed by atoms with E-state index in [4.69, 9.17) is 0 Å². The SMILES string of the molecule is CN1CCN(Cc2ccccc2)CC1c1nnc2ccc(C(=O)NC3CC3)cn12. The van der Waals surface area contributed by atoms with E-state index in [0.717, 1.165) is 50.5 Å². The lowest BCUT2D eigenvalue weighted by Crippen LogP contribution is -2.46. The molecule has 3 heterocycles. The van der Waals surface area contributed by atoms with Crippen LogP contribution in [0, 0.1) is 0 Å². The van der Waals surface area contributed by atoms with Crippen LogP contribution in [0.4, 0.5) is 0 Å². The van der Waals surface area contributed by atoms with Crippen LogP contribution in [0.5, 0.6) is 0 Å². The van der Waals surface area contributed by atoms with E-state index in [1.807, 2.05) is 22.7 Å². The molecule has 1 N–H and O–H groups in total. The Morgan fingerprint density at radius 1 is 1.10 bits per heavy atom. The molecule has 0 radical (unpaired) electrons. The normalized spacial score (nSPS) is 20.8. The van der Waals surface area contributed by atoms with E-state index >= 15 is 0 Å². The lowest BCUT2D eigenvalue weighted by atomic mass is 10.1. The average Bonchev–Trinajstić information content (AvgIpc) is 3.46. The van der Waals surface area contributed by atoms with Crippen LogP contribution in [0.3, 0.4) is 0 Å². The second-order valence-electron chi connectivity index (χ2n) is 8.17. The zero-order valence-corrected chi connectivity index (χ0v) is 16.7. The highest BCUT2D eigenvalue weighted by molar-refractivity contribution is 5.94. The number of benzene rings is 1. The monoisotopic (exact) mass is 390 g/mol. The van der Waals surface area contributed by atoms with Gasteiger partial charge >= 0.3 is 0 Å². The Kier molecular flexibility index (Phi) is 4.77. The van der Waals surface area contributed by atoms with Gasteiger partial charge in [-0.15, -0.1) is 10.2 Å². The minimum absolute atomic E-state index is 0.0169. The summed E-state index contributed by atoms with van der Waals surface area (Å²) in [5.41, 5.74) is 2.75. The summed E-state index contributed by atoms with van der Waals surface area (Å²) in [6, 6.07) is 14.7. The number of piperazine rings is 1. The van der Waals surface area contributed by atoms with Crippen molar-refractivity contribution in [1.82, 2.24) is 29.7 Å². The van der Waals surface area contributed by atoms with E-state index in [0.29, 0.717) is 11.6 Å². The van der Waals surface area contributed by atoms with Gasteiger partial charge in [-0.25, -0.2) is 0 Å². The minimum atomic E-state index is -0.0169. The predicted octanol–water partition coefficient (Wildman–Crippen LogP) is 2.11. The largest absolute Gasteiger partial charge is 0.349 e. The van der Waals surface area contributed by atoms with Crippen molar-refractivity contribution in [2.75, 3.05) is 26.7 Å². The molecular formula is C22H26N6O. The minimum Gasteiger partial charge on any atom is -0.349 e. The third-order valence-corrected chi connectivity index (χ3v) is 5.88. The number of nitrogens with zero attached hydrogens (tertiary/aromatic N) is 5. The summed E-state index contributed by atoms with van der Waals surface area (Å²) < 4.78 is 1.98. The lowest BCUT2D eigenvalue weighted by molar-refractivity contribution is 0.0852. The summed E-state index contributed by atoms with van der Waals surface area (Å²) in [4.78, 5) is 17.3. The van der Waals surface area contributed by atoms with Crippen LogP contribution in [0.1, 0.15) is 40.6 Å². The van der Waals surface area contributed by atoms with E-state index < -0.39 is 0 Å². The Labute approximate surface area is 170 Å². The number of carbonyl (C=O) groups is 1. The predicted molar refractivity (Wildman–Crippen MR) is 111 cm³/mol. The number of nitrogens with one attached hydrogen (secondary N) is 1. The second-order valence-corrected chi connectivity index (χ2v) is 8.17. The summed E-state index contributed by atoms with van der Waals surface area (Å²) in [7, 11) is 2.13. The van der Waals surface area contributed by atoms with Crippen molar-refractivity contribution in [1.29, 1.82) is 0 Å². The molecule has 1 saturated heterocycles. The fourth-order valence-corrected chi connectivity index (χ4v) is 3.96. The van der Waals surface area contributed by atoms with Gasteiger partial charge < -0.3 is 5.32 Å². The van der Waals surface area contributed by atoms with E-state index in [2.05, 4.69) is 62.7 Å². The van der Waals surface area contributed by atoms with Gasteiger partial charge in [-0.2, -0.15) is 0 Å². The second kappa shape index (κ2) is 7.57. The van der Waals surface area contributed by atoms with Crippen LogP contribution in [-0.4, -0.2) is 63.0 Å². The maximum Gasteiger partial charge on any atom is 0.252 e. The van der Waals surface area contributed by atoms with Crippen molar-refractivity contribution in [3.63, 3.8) is 0 Å². The number of likely N-dealkylation sites (N-methyl/N-ethyl adjacent to an activating group) is 1. The molecule has 1 aliphatic heterocycles. The fraction of sp³-hybridized carbons (Fsp3) is 0.409. The van der Waals surface area contributed by atoms with Gasteiger partial charge in [0.1, 0.15) is 0 Å². The van der Waals surface area contributed by atoms with Crippen molar-refractivity contribution in [3.05, 3.63) is 65.6 Å². The number of carbonyl (C=O) groups excluding carboxylic acids is 1. The molecule has 7 nitrogen and oxygen atoms in total. The van der Waals surface area contributed by atoms with Crippen molar-refractivity contribution in [2.24, 2.45) is 0 Å². The molecule has 29 heavy (non-hydrogen) atoms. The van der Waals surface area contributed by atoms with Crippen LogP contribution in [0.15, 0.2) is 48.7 Å². The highest BCUT2D eigenvalue weighted by Crippen LogP contribution is 2.25. The summed E-state index contributed by atoms with van der Waals surface area (Å²) in [5.74, 6) is 0.873. The Morgan fingerprint density at radius 3 is 2.72 bits per heavy atom. The van der Waals surface area contributed by atoms with Gasteiger partial charge in [-0.05, 0) is 37.6 Å². The molecule has 2 aliphatic rings. The summed E-state index contributed by atoms with van der Waals surface area (Å²) in [6.45, 7) is 3.80. The Hall–Kier alpha value is -2.77. The molecule has 1 aliphatic carbocycles. The number of hydrogen-bond donors (Lipinski definition) is 1. The number of amides is 1. The molecule has 7 heteroatoms. The number of aromatic nitrogens is 3. The first-order valence-electron chi connectivity index (χ1n) is 10.3. The highest BCUT2D eigenvalue weighted by atomic mass is 16.1. The number of pyridine rings is 1. The summed E-state index contributed by atoms with van der Waals surface area (Å²) in [6.07, 6.45) is 4.04. The van der Waals surface area contributed by atoms with Gasteiger partial charge in [0.05, 0.1) is 11.6 Å². The molecule has 5 rings (SSSR count). The van der Waals surface area contributed by atoms with Gasteiger partial charge in [0, 0.05) is 38.4 Å². The number of fused-ring (bicyclic) bond motifs is 1. The first-order chi connectivity index (χ1) is 14.2. The molecule has 0 bridgehead atoms. The third-order valence-electron chi connectivity index (χ3n) is 5.88. The summed E-state index contributed by atoms with van der Waals surface area (Å²) >= 11 is 0. The van der Waals surface area contributed by atoms with Crippen LogP contribution in [0.25, 0.3) is 5.65 Å². The maximum atomic E-state index is 12.5. The lowest BCUT2D eigenvalue weighted by Gasteiger charge is -2.38. The number of rotatable bonds is 5. The zero-order chi connectivity index (χ0) is 19.8. The first kappa shape index (κ1) is 18.3. The molecule has 1 atom stereocenters. The topological polar surface area (TPSA) is 65.8 Å². The van der Waals surface area contributed by atoms with Crippen LogP contribution in [-0.2, 0) is 6.54 Å². The maximum absolute atomic E-state index is 12.5. The van der Waals surface area contributed by atoms with Gasteiger partial charge in [0.15, 0.2) is 11.5 Å². The van der Waals surface area contributed by atoms with E-state index in [-0.39, 0.29) is 11.9 Å². The molecule has 2 fully saturated rings. The van der Waals surface area contributed by atoms with Crippen molar-refractivity contribution < 1.29 is 4.79 Å². The van der Waals surface area contributed by atoms with Gasteiger partial charge in [0.2, 0.25) is 0 Å². The standard InChI is InChI=1S/C22H26N6O/c1-26-11-12-27(13-16-5-3-2-4-6-16)15-19(26)21-25-24-20-10-7-17(14-28(20)21)22(29)23-18-8-9-18/h2-7,10,14,18-19H,8-9,11-13,15H2,1H3,(H,23,29). The van der Waals surface area contributed by atoms with E-state index in [9.17, 15) is 4.79 Å². The quantitative estimate of drug-likeness (QED) is 0.723. The molecule has 1 unspecified atom stereocenters. The average molecular weight is 390 g/mol. The third kappa shape index (κ3) is 3.88. The molecule has 1 saturated carbocycles. The smallest absolute Gasteiger partial charge is 0.252 e.